The van der Waals surface area contributed by atoms with Gasteiger partial charge in [-0.1, -0.05) is 11.6 Å². The molecule has 3 nitrogen and oxygen atoms in total. The molecule has 7 heteroatoms. The van der Waals surface area contributed by atoms with Crippen molar-refractivity contribution in [3.63, 3.8) is 0 Å². The summed E-state index contributed by atoms with van der Waals surface area (Å²) in [5, 5.41) is 9.29. The van der Waals surface area contributed by atoms with Gasteiger partial charge >= 0.3 is 0 Å². The highest BCUT2D eigenvalue weighted by molar-refractivity contribution is 7.90. The molecular formula is C9H9ClF2O3S. The third-order valence-electron chi connectivity index (χ3n) is 1.86. The third kappa shape index (κ3) is 3.40. The largest absolute Gasteiger partial charge is 0.387 e. The molecule has 0 radical (unpaired) electrons. The lowest BCUT2D eigenvalue weighted by Gasteiger charge is -2.11. The Hall–Kier alpha value is -0.720. The van der Waals surface area contributed by atoms with Crippen LogP contribution in [0.25, 0.3) is 0 Å². The van der Waals surface area contributed by atoms with E-state index in [1.54, 1.807) is 0 Å². The Morgan fingerprint density at radius 3 is 2.38 bits per heavy atom. The normalized spacial score (nSPS) is 13.8. The first-order valence-electron chi connectivity index (χ1n) is 4.21. The van der Waals surface area contributed by atoms with Gasteiger partial charge in [-0.05, 0) is 12.1 Å². The molecule has 0 aliphatic carbocycles. The van der Waals surface area contributed by atoms with Crippen LogP contribution < -0.4 is 0 Å². The van der Waals surface area contributed by atoms with Crippen LogP contribution >= 0.6 is 11.6 Å². The highest BCUT2D eigenvalue weighted by Crippen LogP contribution is 2.26. The standard InChI is InChI=1S/C9H9ClF2O3S/c1-16(14,15)4-9(13)5-2-7(11)8(12)3-6(5)10/h2-3,9,13H,4H2,1H3. The lowest BCUT2D eigenvalue weighted by molar-refractivity contribution is 0.201. The average molecular weight is 271 g/mol. The summed E-state index contributed by atoms with van der Waals surface area (Å²) in [6.07, 6.45) is -0.554. The van der Waals surface area contributed by atoms with Gasteiger partial charge in [0.1, 0.15) is 9.84 Å². The van der Waals surface area contributed by atoms with Crippen LogP contribution in [0.2, 0.25) is 5.02 Å². The maximum atomic E-state index is 12.9. The molecule has 1 rings (SSSR count). The molecule has 1 unspecified atom stereocenters. The molecule has 0 saturated heterocycles. The molecule has 0 aliphatic heterocycles. The minimum atomic E-state index is -3.44. The van der Waals surface area contributed by atoms with Gasteiger partial charge in [0.15, 0.2) is 11.6 Å². The Labute approximate surface area is 96.6 Å². The second-order valence-electron chi connectivity index (χ2n) is 3.40. The second kappa shape index (κ2) is 4.65. The van der Waals surface area contributed by atoms with Crippen LogP contribution in [0.1, 0.15) is 11.7 Å². The molecule has 0 aliphatic rings. The van der Waals surface area contributed by atoms with Crippen molar-refractivity contribution in [2.75, 3.05) is 12.0 Å². The van der Waals surface area contributed by atoms with Gasteiger partial charge in [-0.25, -0.2) is 17.2 Å². The van der Waals surface area contributed by atoms with Gasteiger partial charge in [-0.2, -0.15) is 0 Å². The fourth-order valence-electron chi connectivity index (χ4n) is 1.17. The van der Waals surface area contributed by atoms with E-state index in [9.17, 15) is 22.3 Å². The Bertz CT molecular complexity index is 502. The van der Waals surface area contributed by atoms with E-state index in [-0.39, 0.29) is 10.6 Å². The Morgan fingerprint density at radius 2 is 1.88 bits per heavy atom. The third-order valence-corrected chi connectivity index (χ3v) is 3.11. The van der Waals surface area contributed by atoms with Gasteiger partial charge in [0.25, 0.3) is 0 Å². The zero-order valence-corrected chi connectivity index (χ0v) is 9.82. The Morgan fingerprint density at radius 1 is 1.38 bits per heavy atom. The average Bonchev–Trinajstić information content (AvgIpc) is 2.08. The van der Waals surface area contributed by atoms with Gasteiger partial charge in [-0.15, -0.1) is 0 Å². The van der Waals surface area contributed by atoms with E-state index in [0.717, 1.165) is 6.26 Å². The first-order valence-corrected chi connectivity index (χ1v) is 6.65. The van der Waals surface area contributed by atoms with Gasteiger partial charge in [-0.3, -0.25) is 0 Å². The number of halogens is 3. The van der Waals surface area contributed by atoms with Gasteiger partial charge in [0, 0.05) is 16.8 Å². The van der Waals surface area contributed by atoms with Crippen molar-refractivity contribution < 1.29 is 22.3 Å². The Balaban J connectivity index is 3.09. The van der Waals surface area contributed by atoms with Gasteiger partial charge < -0.3 is 5.11 Å². The van der Waals surface area contributed by atoms with Crippen molar-refractivity contribution in [3.05, 3.63) is 34.4 Å². The zero-order chi connectivity index (χ0) is 12.5. The molecule has 1 N–H and O–H groups in total. The number of benzene rings is 1. The summed E-state index contributed by atoms with van der Waals surface area (Å²) in [6, 6.07) is 1.38. The lowest BCUT2D eigenvalue weighted by Crippen LogP contribution is -2.13. The highest BCUT2D eigenvalue weighted by atomic mass is 35.5. The van der Waals surface area contributed by atoms with E-state index >= 15 is 0 Å². The van der Waals surface area contributed by atoms with Crippen molar-refractivity contribution >= 4 is 21.4 Å². The van der Waals surface area contributed by atoms with E-state index in [0.29, 0.717) is 12.1 Å². The summed E-state index contributed by atoms with van der Waals surface area (Å²) in [5.74, 6) is -2.94. The minimum absolute atomic E-state index is 0.147. The molecule has 0 amide bonds. The smallest absolute Gasteiger partial charge is 0.160 e. The van der Waals surface area contributed by atoms with E-state index in [2.05, 4.69) is 0 Å². The van der Waals surface area contributed by atoms with Crippen molar-refractivity contribution in [3.8, 4) is 0 Å². The molecule has 90 valence electrons. The molecule has 1 aromatic carbocycles. The summed E-state index contributed by atoms with van der Waals surface area (Å²) >= 11 is 5.56. The van der Waals surface area contributed by atoms with Crippen molar-refractivity contribution in [2.24, 2.45) is 0 Å². The van der Waals surface area contributed by atoms with Crippen LogP contribution in [-0.4, -0.2) is 25.5 Å². The number of rotatable bonds is 3. The second-order valence-corrected chi connectivity index (χ2v) is 5.99. The zero-order valence-electron chi connectivity index (χ0n) is 8.25. The van der Waals surface area contributed by atoms with E-state index in [4.69, 9.17) is 11.6 Å². The maximum absolute atomic E-state index is 12.9. The van der Waals surface area contributed by atoms with E-state index < -0.39 is 33.3 Å². The molecular weight excluding hydrogens is 262 g/mol. The predicted molar refractivity (Wildman–Crippen MR) is 56.0 cm³/mol. The summed E-state index contributed by atoms with van der Waals surface area (Å²) in [6.45, 7) is 0. The fraction of sp³-hybridized carbons (Fsp3) is 0.333. The fourth-order valence-corrected chi connectivity index (χ4v) is 2.20. The monoisotopic (exact) mass is 270 g/mol. The molecule has 0 bridgehead atoms. The molecule has 0 spiro atoms. The maximum Gasteiger partial charge on any atom is 0.160 e. The van der Waals surface area contributed by atoms with Crippen molar-refractivity contribution in [1.82, 2.24) is 0 Å². The van der Waals surface area contributed by atoms with Crippen LogP contribution in [0.3, 0.4) is 0 Å². The lowest BCUT2D eigenvalue weighted by atomic mass is 10.1. The predicted octanol–water partition coefficient (Wildman–Crippen LogP) is 1.70. The number of sulfone groups is 1. The molecule has 16 heavy (non-hydrogen) atoms. The highest BCUT2D eigenvalue weighted by Gasteiger charge is 2.19. The van der Waals surface area contributed by atoms with Crippen LogP contribution in [0, 0.1) is 11.6 Å². The van der Waals surface area contributed by atoms with Gasteiger partial charge in [0.05, 0.1) is 11.9 Å². The summed E-state index contributed by atoms with van der Waals surface area (Å²) in [7, 11) is -3.44. The molecule has 0 fully saturated rings. The van der Waals surface area contributed by atoms with Crippen LogP contribution in [-0.2, 0) is 9.84 Å². The van der Waals surface area contributed by atoms with E-state index in [1.165, 1.54) is 0 Å². The quantitative estimate of drug-likeness (QED) is 0.851. The molecule has 0 aromatic heterocycles. The van der Waals surface area contributed by atoms with E-state index in [1.807, 2.05) is 0 Å². The summed E-state index contributed by atoms with van der Waals surface area (Å²) in [5.41, 5.74) is -0.147. The first-order chi connectivity index (χ1) is 7.20. The van der Waals surface area contributed by atoms with Crippen molar-refractivity contribution in [1.29, 1.82) is 0 Å². The minimum Gasteiger partial charge on any atom is -0.387 e. The number of hydrogen-bond acceptors (Lipinski definition) is 3. The number of aliphatic hydroxyl groups excluding tert-OH is 1. The molecule has 1 aromatic rings. The molecule has 0 saturated carbocycles. The van der Waals surface area contributed by atoms with Crippen LogP contribution in [0.4, 0.5) is 8.78 Å². The van der Waals surface area contributed by atoms with Gasteiger partial charge in [0.2, 0.25) is 0 Å². The summed E-state index contributed by atoms with van der Waals surface area (Å²) < 4.78 is 47.4. The van der Waals surface area contributed by atoms with Crippen LogP contribution in [0.5, 0.6) is 0 Å². The summed E-state index contributed by atoms with van der Waals surface area (Å²) in [4.78, 5) is 0. The first kappa shape index (κ1) is 13.3. The SMILES string of the molecule is CS(=O)(=O)CC(O)c1cc(F)c(F)cc1Cl. The van der Waals surface area contributed by atoms with Crippen LogP contribution in [0.15, 0.2) is 12.1 Å². The number of aliphatic hydroxyl groups is 1. The molecule has 0 heterocycles. The number of hydrogen-bond donors (Lipinski definition) is 1. The molecule has 1 atom stereocenters. The topological polar surface area (TPSA) is 54.4 Å². The Kier molecular flexibility index (Phi) is 3.88. The van der Waals surface area contributed by atoms with Crippen molar-refractivity contribution in [2.45, 2.75) is 6.10 Å².